The van der Waals surface area contributed by atoms with E-state index in [0.717, 1.165) is 54.5 Å². The molecular formula is C31H34F2N6O3S. The van der Waals surface area contributed by atoms with Crippen molar-refractivity contribution in [3.05, 3.63) is 82.4 Å². The highest BCUT2D eigenvalue weighted by atomic mass is 32.2. The van der Waals surface area contributed by atoms with E-state index in [9.17, 15) is 27.3 Å². The Morgan fingerprint density at radius 3 is 2.19 bits per heavy atom. The molecule has 12 heteroatoms. The van der Waals surface area contributed by atoms with E-state index in [4.69, 9.17) is 5.14 Å². The van der Waals surface area contributed by atoms with Gasteiger partial charge in [-0.3, -0.25) is 4.79 Å². The molecule has 3 aromatic carbocycles. The Morgan fingerprint density at radius 2 is 1.53 bits per heavy atom. The molecule has 3 aromatic rings. The lowest BCUT2D eigenvalue weighted by molar-refractivity contribution is 0.0746. The van der Waals surface area contributed by atoms with Crippen molar-refractivity contribution in [3.63, 3.8) is 0 Å². The molecule has 2 fully saturated rings. The number of piperazine rings is 1. The van der Waals surface area contributed by atoms with Gasteiger partial charge in [-0.05, 0) is 62.1 Å². The molecule has 0 saturated carbocycles. The predicted octanol–water partition coefficient (Wildman–Crippen LogP) is 4.14. The molecule has 0 unspecified atom stereocenters. The van der Waals surface area contributed by atoms with E-state index in [1.807, 2.05) is 50.2 Å². The van der Waals surface area contributed by atoms with Gasteiger partial charge in [-0.15, -0.1) is 0 Å². The van der Waals surface area contributed by atoms with Gasteiger partial charge >= 0.3 is 0 Å². The van der Waals surface area contributed by atoms with Crippen LogP contribution in [0.25, 0.3) is 0 Å². The van der Waals surface area contributed by atoms with Gasteiger partial charge in [-0.2, -0.15) is 5.26 Å². The number of benzene rings is 3. The number of sulfonamides is 1. The number of aryl methyl sites for hydroxylation is 2. The largest absolute Gasteiger partial charge is 0.382 e. The summed E-state index contributed by atoms with van der Waals surface area (Å²) < 4.78 is 51.9. The molecule has 1 amide bonds. The number of nitrogens with two attached hydrogens (primary N) is 1. The molecule has 2 aliphatic heterocycles. The second-order valence-corrected chi connectivity index (χ2v) is 12.6. The Kier molecular flexibility index (Phi) is 8.57. The normalized spacial score (nSPS) is 16.2. The minimum Gasteiger partial charge on any atom is -0.382 e. The van der Waals surface area contributed by atoms with E-state index in [-0.39, 0.29) is 43.8 Å². The van der Waals surface area contributed by atoms with Crippen LogP contribution in [0.15, 0.2) is 53.4 Å². The lowest BCUT2D eigenvalue weighted by atomic mass is 9.99. The smallest absolute Gasteiger partial charge is 0.254 e. The van der Waals surface area contributed by atoms with Crippen molar-refractivity contribution in [2.24, 2.45) is 5.14 Å². The molecule has 43 heavy (non-hydrogen) atoms. The number of anilines is 3. The number of hydrogen-bond donors (Lipinski definition) is 2. The lowest BCUT2D eigenvalue weighted by Crippen LogP contribution is -2.49. The van der Waals surface area contributed by atoms with Gasteiger partial charge in [0.1, 0.15) is 11.0 Å². The number of rotatable bonds is 6. The Hall–Kier alpha value is -4.21. The van der Waals surface area contributed by atoms with Gasteiger partial charge in [0, 0.05) is 62.6 Å². The second-order valence-electron chi connectivity index (χ2n) is 11.1. The number of amides is 1. The summed E-state index contributed by atoms with van der Waals surface area (Å²) in [5.41, 5.74) is 4.94. The van der Waals surface area contributed by atoms with Crippen LogP contribution in [0.5, 0.6) is 0 Å². The third-order valence-electron chi connectivity index (χ3n) is 8.24. The maximum atomic E-state index is 14.0. The van der Waals surface area contributed by atoms with Gasteiger partial charge in [-0.25, -0.2) is 22.3 Å². The van der Waals surface area contributed by atoms with Crippen LogP contribution in [0.2, 0.25) is 0 Å². The van der Waals surface area contributed by atoms with E-state index < -0.39 is 26.6 Å². The molecule has 0 aliphatic carbocycles. The molecule has 5 rings (SSSR count). The van der Waals surface area contributed by atoms with Crippen molar-refractivity contribution in [3.8, 4) is 6.07 Å². The fourth-order valence-electron chi connectivity index (χ4n) is 5.88. The number of carbonyl (C=O) groups is 1. The molecule has 0 spiro atoms. The minimum atomic E-state index is -4.29. The lowest BCUT2D eigenvalue weighted by Gasteiger charge is -2.37. The fourth-order valence-corrected chi connectivity index (χ4v) is 6.63. The molecular weight excluding hydrogens is 574 g/mol. The number of halogens is 2. The number of primary sulfonamides is 1. The first kappa shape index (κ1) is 30.3. The Balaban J connectivity index is 1.25. The average Bonchev–Trinajstić information content (AvgIpc) is 2.99. The third kappa shape index (κ3) is 6.43. The Morgan fingerprint density at radius 1 is 0.907 bits per heavy atom. The van der Waals surface area contributed by atoms with Crippen LogP contribution in [0, 0.1) is 36.8 Å². The topological polar surface area (TPSA) is 123 Å². The highest BCUT2D eigenvalue weighted by Gasteiger charge is 2.29. The van der Waals surface area contributed by atoms with Crippen molar-refractivity contribution in [2.75, 3.05) is 54.4 Å². The molecule has 2 saturated heterocycles. The second kappa shape index (κ2) is 12.2. The van der Waals surface area contributed by atoms with Crippen molar-refractivity contribution in [1.82, 2.24) is 4.90 Å². The first-order valence-electron chi connectivity index (χ1n) is 14.1. The molecule has 0 bridgehead atoms. The van der Waals surface area contributed by atoms with Crippen LogP contribution in [-0.4, -0.2) is 64.5 Å². The summed E-state index contributed by atoms with van der Waals surface area (Å²) in [7, 11) is -4.29. The van der Waals surface area contributed by atoms with Crippen LogP contribution in [-0.2, 0) is 10.0 Å². The van der Waals surface area contributed by atoms with Gasteiger partial charge in [0.05, 0.1) is 16.9 Å². The SMILES string of the molecule is Cc1cc(C)c(C(=O)N2CCN(c3cc(F)c(F)cc3S(N)(=O)=O)CC2)cc1NC1CCN(c2ccccc2C#N)CC1. The summed E-state index contributed by atoms with van der Waals surface area (Å²) in [6.45, 7) is 6.49. The quantitative estimate of drug-likeness (QED) is 0.431. The first-order chi connectivity index (χ1) is 20.5. The van der Waals surface area contributed by atoms with Crippen LogP contribution in [0.3, 0.4) is 0 Å². The van der Waals surface area contributed by atoms with Crippen LogP contribution < -0.4 is 20.3 Å². The molecule has 9 nitrogen and oxygen atoms in total. The number of nitrogens with zero attached hydrogens (tertiary/aromatic N) is 4. The monoisotopic (exact) mass is 608 g/mol. The summed E-state index contributed by atoms with van der Waals surface area (Å²) >= 11 is 0. The summed E-state index contributed by atoms with van der Waals surface area (Å²) in [6.07, 6.45) is 1.76. The number of piperidine rings is 1. The summed E-state index contributed by atoms with van der Waals surface area (Å²) in [4.78, 5) is 18.7. The molecule has 2 aliphatic rings. The molecule has 0 atom stereocenters. The Bertz CT molecular complexity index is 1690. The number of para-hydroxylation sites is 1. The maximum Gasteiger partial charge on any atom is 0.254 e. The highest BCUT2D eigenvalue weighted by Crippen LogP contribution is 2.30. The van der Waals surface area contributed by atoms with E-state index in [2.05, 4.69) is 16.3 Å². The van der Waals surface area contributed by atoms with Crippen molar-refractivity contribution >= 4 is 33.0 Å². The van der Waals surface area contributed by atoms with Crippen LogP contribution >= 0.6 is 0 Å². The van der Waals surface area contributed by atoms with Crippen LogP contribution in [0.1, 0.15) is 39.9 Å². The minimum absolute atomic E-state index is 0.0198. The molecule has 226 valence electrons. The number of nitriles is 1. The van der Waals surface area contributed by atoms with Gasteiger partial charge in [0.25, 0.3) is 5.91 Å². The zero-order chi connectivity index (χ0) is 30.9. The van der Waals surface area contributed by atoms with E-state index in [0.29, 0.717) is 17.2 Å². The van der Waals surface area contributed by atoms with Gasteiger partial charge in [0.15, 0.2) is 11.6 Å². The van der Waals surface area contributed by atoms with Crippen LogP contribution in [0.4, 0.5) is 25.8 Å². The standard InChI is InChI=1S/C31H34F2N6O3S/c1-20-15-21(2)27(36-23-7-9-37(10-8-23)28-6-4-3-5-22(28)19-34)16-24(20)31(40)39-13-11-38(12-14-39)29-17-25(32)26(33)18-30(29)43(35,41)42/h3-6,15-18,23,36H,7-14H2,1-2H3,(H2,35,41,42). The summed E-state index contributed by atoms with van der Waals surface area (Å²) in [5.74, 6) is -2.62. The molecule has 2 heterocycles. The van der Waals surface area contributed by atoms with E-state index in [1.54, 1.807) is 9.80 Å². The first-order valence-corrected chi connectivity index (χ1v) is 15.7. The number of carbonyl (C=O) groups excluding carboxylic acids is 1. The zero-order valence-corrected chi connectivity index (χ0v) is 24.9. The molecule has 0 radical (unpaired) electrons. The average molecular weight is 609 g/mol. The predicted molar refractivity (Wildman–Crippen MR) is 162 cm³/mol. The highest BCUT2D eigenvalue weighted by molar-refractivity contribution is 7.89. The van der Waals surface area contributed by atoms with Crippen molar-refractivity contribution < 1.29 is 22.0 Å². The van der Waals surface area contributed by atoms with E-state index >= 15 is 0 Å². The van der Waals surface area contributed by atoms with Gasteiger partial charge in [-0.1, -0.05) is 18.2 Å². The van der Waals surface area contributed by atoms with Gasteiger partial charge in [0.2, 0.25) is 10.0 Å². The number of hydrogen-bond acceptors (Lipinski definition) is 7. The fraction of sp³-hybridized carbons (Fsp3) is 0.355. The maximum absolute atomic E-state index is 14.0. The number of nitrogens with one attached hydrogen (secondary N) is 1. The van der Waals surface area contributed by atoms with E-state index in [1.165, 1.54) is 0 Å². The summed E-state index contributed by atoms with van der Waals surface area (Å²) in [5, 5.41) is 18.4. The Labute approximate surface area is 250 Å². The molecule has 3 N–H and O–H groups in total. The summed E-state index contributed by atoms with van der Waals surface area (Å²) in [6, 6.07) is 15.4. The van der Waals surface area contributed by atoms with Crippen molar-refractivity contribution in [2.45, 2.75) is 37.6 Å². The zero-order valence-electron chi connectivity index (χ0n) is 24.1. The molecule has 0 aromatic heterocycles. The van der Waals surface area contributed by atoms with Crippen molar-refractivity contribution in [1.29, 1.82) is 5.26 Å². The van der Waals surface area contributed by atoms with Gasteiger partial charge < -0.3 is 20.0 Å². The third-order valence-corrected chi connectivity index (χ3v) is 9.18.